The number of hydrogen-bond donors (Lipinski definition) is 0. The van der Waals surface area contributed by atoms with Crippen LogP contribution < -0.4 is 20.7 Å². The molecule has 0 saturated heterocycles. The van der Waals surface area contributed by atoms with Crippen molar-refractivity contribution in [1.82, 2.24) is 4.57 Å². The summed E-state index contributed by atoms with van der Waals surface area (Å²) in [5.74, 6) is 0.0942. The van der Waals surface area contributed by atoms with E-state index >= 15 is 0 Å². The third kappa shape index (κ3) is 5.36. The molecule has 3 aliphatic rings. The summed E-state index contributed by atoms with van der Waals surface area (Å²) in [6, 6.07) is 94.2. The second kappa shape index (κ2) is 14.7. The Labute approximate surface area is 375 Å². The highest BCUT2D eigenvalue weighted by Crippen LogP contribution is 2.57. The quantitative estimate of drug-likeness (QED) is 0.111. The first-order valence-corrected chi connectivity index (χ1v) is 24.5. The summed E-state index contributed by atoms with van der Waals surface area (Å²) in [5, 5.41) is 8.16. The Kier molecular flexibility index (Phi) is 8.44. The number of para-hydroxylation sites is 2. The van der Waals surface area contributed by atoms with Gasteiger partial charge in [0.05, 0.1) is 16.7 Å². The standard InChI is InChI=1S/C62H43NSi/c1-5-21-42(22-6-1)44-39-45(43-23-7-2-8-24-43)41-48(40-44)64(46-25-9-3-10-26-46,47-27-11-4-12-28-47)58-38-20-34-54-59-51-31-13-14-32-52(51)62(61(54)58)60-53(59)33-19-37-57(60)63-55-35-17-15-29-49(55)50-30-16-18-36-56(50)63/h1-41,59,62H. The van der Waals surface area contributed by atoms with Crippen molar-refractivity contribution < 1.29 is 0 Å². The molecule has 0 N–H and O–H groups in total. The number of benzene rings is 10. The Bertz CT molecular complexity index is 3400. The van der Waals surface area contributed by atoms with E-state index in [0.717, 1.165) is 0 Å². The Hall–Kier alpha value is -7.78. The molecule has 300 valence electrons. The lowest BCUT2D eigenvalue weighted by atomic mass is 9.60. The smallest absolute Gasteiger partial charge is 0.179 e. The van der Waals surface area contributed by atoms with Gasteiger partial charge in [0.2, 0.25) is 0 Å². The maximum atomic E-state index is 2.56. The second-order valence-corrected chi connectivity index (χ2v) is 21.2. The van der Waals surface area contributed by atoms with Crippen LogP contribution in [0.25, 0.3) is 49.7 Å². The van der Waals surface area contributed by atoms with Gasteiger partial charge in [-0.15, -0.1) is 0 Å². The minimum Gasteiger partial charge on any atom is -0.309 e. The predicted molar refractivity (Wildman–Crippen MR) is 270 cm³/mol. The van der Waals surface area contributed by atoms with E-state index in [1.54, 1.807) is 0 Å². The number of rotatable bonds is 7. The molecule has 2 bridgehead atoms. The van der Waals surface area contributed by atoms with Gasteiger partial charge in [-0.05, 0) is 101 Å². The first-order valence-electron chi connectivity index (χ1n) is 22.5. The highest BCUT2D eigenvalue weighted by Gasteiger charge is 2.50. The molecule has 1 aromatic heterocycles. The van der Waals surface area contributed by atoms with Crippen LogP contribution in [-0.4, -0.2) is 12.6 Å². The highest BCUT2D eigenvalue weighted by atomic mass is 28.3. The summed E-state index contributed by atoms with van der Waals surface area (Å²) in [6.07, 6.45) is 0. The number of nitrogens with zero attached hydrogens (tertiary/aromatic N) is 1. The monoisotopic (exact) mass is 829 g/mol. The van der Waals surface area contributed by atoms with E-state index in [2.05, 4.69) is 253 Å². The molecule has 10 aromatic carbocycles. The van der Waals surface area contributed by atoms with E-state index in [-0.39, 0.29) is 11.8 Å². The van der Waals surface area contributed by atoms with Gasteiger partial charge in [0.15, 0.2) is 8.07 Å². The van der Waals surface area contributed by atoms with Crippen LogP contribution in [0.15, 0.2) is 249 Å². The second-order valence-electron chi connectivity index (χ2n) is 17.5. The molecule has 2 atom stereocenters. The summed E-state index contributed by atoms with van der Waals surface area (Å²) in [7, 11) is -3.17. The molecule has 0 aliphatic heterocycles. The van der Waals surface area contributed by atoms with Gasteiger partial charge in [-0.1, -0.05) is 224 Å². The van der Waals surface area contributed by atoms with Gasteiger partial charge in [-0.25, -0.2) is 0 Å². The van der Waals surface area contributed by atoms with Crippen LogP contribution in [0.1, 0.15) is 45.2 Å². The van der Waals surface area contributed by atoms with Crippen LogP contribution in [0.4, 0.5) is 0 Å². The third-order valence-electron chi connectivity index (χ3n) is 14.3. The molecule has 14 rings (SSSR count). The van der Waals surface area contributed by atoms with Crippen LogP contribution in [0.5, 0.6) is 0 Å². The molecule has 0 amide bonds. The Balaban J connectivity index is 1.17. The molecule has 64 heavy (non-hydrogen) atoms. The summed E-state index contributed by atoms with van der Waals surface area (Å²) < 4.78 is 2.56. The van der Waals surface area contributed by atoms with Crippen molar-refractivity contribution in [2.75, 3.05) is 0 Å². The van der Waals surface area contributed by atoms with Crippen LogP contribution in [0.3, 0.4) is 0 Å². The molecule has 1 heterocycles. The SMILES string of the molecule is c1ccc(-c2cc(-c3ccccc3)cc([Si](c3ccccc3)(c3ccccc3)c3cccc4c3C3c5ccccc5C4c4cccc(-n5c6ccccc6c6ccccc65)c43)c2)cc1. The lowest BCUT2D eigenvalue weighted by Crippen LogP contribution is -2.75. The molecule has 2 heteroatoms. The zero-order valence-electron chi connectivity index (χ0n) is 35.3. The highest BCUT2D eigenvalue weighted by molar-refractivity contribution is 7.20. The van der Waals surface area contributed by atoms with Crippen molar-refractivity contribution in [1.29, 1.82) is 0 Å². The van der Waals surface area contributed by atoms with E-state index in [4.69, 9.17) is 0 Å². The molecule has 2 unspecified atom stereocenters. The normalized spacial score (nSPS) is 14.9. The maximum absolute atomic E-state index is 3.17. The summed E-state index contributed by atoms with van der Waals surface area (Å²) in [6.45, 7) is 0. The average molecular weight is 830 g/mol. The van der Waals surface area contributed by atoms with Crippen molar-refractivity contribution in [2.45, 2.75) is 11.8 Å². The first kappa shape index (κ1) is 36.8. The fourth-order valence-corrected chi connectivity index (χ4v) is 16.9. The van der Waals surface area contributed by atoms with Gasteiger partial charge in [-0.3, -0.25) is 0 Å². The van der Waals surface area contributed by atoms with Crippen LogP contribution in [0, 0.1) is 0 Å². The van der Waals surface area contributed by atoms with Crippen molar-refractivity contribution in [3.8, 4) is 27.9 Å². The van der Waals surface area contributed by atoms with Crippen LogP contribution >= 0.6 is 0 Å². The molecule has 1 nitrogen and oxygen atoms in total. The minimum absolute atomic E-state index is 0.00345. The minimum atomic E-state index is -3.17. The van der Waals surface area contributed by atoms with Crippen molar-refractivity contribution >= 4 is 50.6 Å². The van der Waals surface area contributed by atoms with Gasteiger partial charge in [-0.2, -0.15) is 0 Å². The topological polar surface area (TPSA) is 4.93 Å². The van der Waals surface area contributed by atoms with Gasteiger partial charge >= 0.3 is 0 Å². The largest absolute Gasteiger partial charge is 0.309 e. The predicted octanol–water partition coefficient (Wildman–Crippen LogP) is 12.5. The maximum Gasteiger partial charge on any atom is 0.179 e. The number of fused-ring (bicyclic) bond motifs is 3. The molecule has 3 aliphatic carbocycles. The zero-order valence-corrected chi connectivity index (χ0v) is 36.3. The molecule has 0 saturated carbocycles. The molecule has 0 radical (unpaired) electrons. The van der Waals surface area contributed by atoms with Gasteiger partial charge in [0.1, 0.15) is 0 Å². The van der Waals surface area contributed by atoms with Gasteiger partial charge < -0.3 is 4.57 Å². The van der Waals surface area contributed by atoms with Crippen molar-refractivity contribution in [3.63, 3.8) is 0 Å². The van der Waals surface area contributed by atoms with Crippen molar-refractivity contribution in [3.05, 3.63) is 282 Å². The van der Waals surface area contributed by atoms with Gasteiger partial charge in [0.25, 0.3) is 0 Å². The van der Waals surface area contributed by atoms with E-state index in [0.29, 0.717) is 0 Å². The van der Waals surface area contributed by atoms with Crippen LogP contribution in [0.2, 0.25) is 0 Å². The fourth-order valence-electron chi connectivity index (χ4n) is 11.8. The summed E-state index contributed by atoms with van der Waals surface area (Å²) >= 11 is 0. The number of hydrogen-bond acceptors (Lipinski definition) is 0. The van der Waals surface area contributed by atoms with Crippen molar-refractivity contribution in [2.24, 2.45) is 0 Å². The van der Waals surface area contributed by atoms with E-state index < -0.39 is 8.07 Å². The Morgan fingerprint density at radius 2 is 0.734 bits per heavy atom. The number of aromatic nitrogens is 1. The van der Waals surface area contributed by atoms with E-state index in [9.17, 15) is 0 Å². The van der Waals surface area contributed by atoms with Crippen LogP contribution in [-0.2, 0) is 0 Å². The lowest BCUT2D eigenvalue weighted by Gasteiger charge is -2.47. The zero-order chi connectivity index (χ0) is 42.2. The first-order chi connectivity index (χ1) is 31.8. The molecule has 11 aromatic rings. The lowest BCUT2D eigenvalue weighted by molar-refractivity contribution is 0.752. The Morgan fingerprint density at radius 3 is 1.30 bits per heavy atom. The molecular weight excluding hydrogens is 787 g/mol. The van der Waals surface area contributed by atoms with E-state index in [1.165, 1.54) is 104 Å². The Morgan fingerprint density at radius 1 is 0.297 bits per heavy atom. The summed E-state index contributed by atoms with van der Waals surface area (Å²) in [4.78, 5) is 0. The van der Waals surface area contributed by atoms with Gasteiger partial charge in [0, 0.05) is 22.6 Å². The average Bonchev–Trinajstić information content (AvgIpc) is 3.71. The molecular formula is C62H43NSi. The summed E-state index contributed by atoms with van der Waals surface area (Å²) in [5.41, 5.74) is 17.2. The van der Waals surface area contributed by atoms with E-state index in [1.807, 2.05) is 0 Å². The third-order valence-corrected chi connectivity index (χ3v) is 19.1. The molecule has 0 fully saturated rings. The fraction of sp³-hybridized carbons (Fsp3) is 0.0323. The molecule has 0 spiro atoms.